The summed E-state index contributed by atoms with van der Waals surface area (Å²) in [5.74, 6) is -0.618. The van der Waals surface area contributed by atoms with Crippen LogP contribution in [0.15, 0.2) is 188 Å². The maximum atomic E-state index is 8.65. The van der Waals surface area contributed by atoms with Crippen LogP contribution >= 0.6 is 0 Å². The Bertz CT molecular complexity index is 2810. The second kappa shape index (κ2) is 12.0. The molecule has 1 aromatic heterocycles. The Morgan fingerprint density at radius 3 is 1.39 bits per heavy atom. The van der Waals surface area contributed by atoms with Gasteiger partial charge < -0.3 is 0 Å². The van der Waals surface area contributed by atoms with Gasteiger partial charge in [-0.25, -0.2) is 15.0 Å². The van der Waals surface area contributed by atoms with Gasteiger partial charge in [-0.1, -0.05) is 188 Å². The van der Waals surface area contributed by atoms with Crippen molar-refractivity contribution in [2.24, 2.45) is 0 Å². The second-order valence-corrected chi connectivity index (χ2v) is 11.6. The molecule has 3 heteroatoms. The highest BCUT2D eigenvalue weighted by Gasteiger charge is 2.46. The SMILES string of the molecule is [2H]c1c([2H])c([2H])c(-c2nc(-c3ccc(-c4cccc5c4-c4ccccc4C5(c4ccccc4)c4ccccc4)cc3)nc(-c3c([2H])c([2H])c([2H])c([2H])c3[2H])n2)c([2H])c1[2H]. The molecule has 49 heavy (non-hydrogen) atoms. The zero-order valence-electron chi connectivity index (χ0n) is 36.0. The Kier molecular flexibility index (Phi) is 4.89. The standard InChI is InChI=1S/C46H31N3/c1-5-16-33(17-6-1)43-47-44(34-18-7-2-8-19-34)49-45(48-43)35-30-28-32(29-31-35)38-25-15-27-41-42(38)39-24-13-14-26-40(39)46(41,36-20-9-3-10-21-36)37-22-11-4-12-23-37/h1-31H/i1D,2D,5D,6D,7D,8D,16D,17D,18D,19D. The van der Waals surface area contributed by atoms with E-state index in [1.165, 1.54) is 5.56 Å². The summed E-state index contributed by atoms with van der Waals surface area (Å²) in [6, 6.07) is 37.4. The average molecular weight is 636 g/mol. The summed E-state index contributed by atoms with van der Waals surface area (Å²) < 4.78 is 83.9. The van der Waals surface area contributed by atoms with Gasteiger partial charge in [-0.05, 0) is 44.5 Å². The van der Waals surface area contributed by atoms with Crippen LogP contribution in [0.2, 0.25) is 0 Å². The van der Waals surface area contributed by atoms with E-state index in [1.54, 1.807) is 12.1 Å². The minimum Gasteiger partial charge on any atom is -0.208 e. The van der Waals surface area contributed by atoms with Crippen molar-refractivity contribution in [3.63, 3.8) is 0 Å². The molecule has 0 amide bonds. The van der Waals surface area contributed by atoms with Gasteiger partial charge in [0.05, 0.1) is 19.1 Å². The molecule has 0 spiro atoms. The van der Waals surface area contributed by atoms with E-state index in [9.17, 15) is 0 Å². The van der Waals surface area contributed by atoms with Crippen molar-refractivity contribution in [3.8, 4) is 56.4 Å². The van der Waals surface area contributed by atoms with Crippen molar-refractivity contribution in [3.05, 3.63) is 210 Å². The number of hydrogen-bond acceptors (Lipinski definition) is 3. The number of benzene rings is 7. The zero-order chi connectivity index (χ0) is 41.3. The lowest BCUT2D eigenvalue weighted by Crippen LogP contribution is -2.28. The van der Waals surface area contributed by atoms with Gasteiger partial charge in [0.1, 0.15) is 0 Å². The fraction of sp³-hybridized carbons (Fsp3) is 0.0217. The van der Waals surface area contributed by atoms with Crippen LogP contribution in [0, 0.1) is 0 Å². The molecule has 8 aromatic rings. The van der Waals surface area contributed by atoms with Crippen molar-refractivity contribution in [1.29, 1.82) is 0 Å². The van der Waals surface area contributed by atoms with Crippen LogP contribution in [0.1, 0.15) is 36.0 Å². The van der Waals surface area contributed by atoms with E-state index < -0.39 is 65.8 Å². The first kappa shape index (κ1) is 20.0. The molecule has 7 aromatic carbocycles. The minimum absolute atomic E-state index is 0.00554. The number of hydrogen-bond donors (Lipinski definition) is 0. The highest BCUT2D eigenvalue weighted by atomic mass is 15.0. The predicted molar refractivity (Wildman–Crippen MR) is 199 cm³/mol. The average Bonchev–Trinajstić information content (AvgIpc) is 3.58. The molecule has 0 atom stereocenters. The maximum Gasteiger partial charge on any atom is 0.164 e. The third-order valence-corrected chi connectivity index (χ3v) is 9.02. The Labute approximate surface area is 300 Å². The largest absolute Gasteiger partial charge is 0.208 e. The molecule has 0 N–H and O–H groups in total. The summed E-state index contributed by atoms with van der Waals surface area (Å²) in [7, 11) is 0. The molecule has 0 bridgehead atoms. The van der Waals surface area contributed by atoms with Gasteiger partial charge in [0.2, 0.25) is 0 Å². The monoisotopic (exact) mass is 635 g/mol. The third-order valence-electron chi connectivity index (χ3n) is 9.02. The fourth-order valence-corrected chi connectivity index (χ4v) is 6.98. The van der Waals surface area contributed by atoms with Gasteiger partial charge in [0.25, 0.3) is 0 Å². The van der Waals surface area contributed by atoms with Crippen LogP contribution in [0.5, 0.6) is 0 Å². The molecule has 0 fully saturated rings. The summed E-state index contributed by atoms with van der Waals surface area (Å²) in [4.78, 5) is 13.6. The summed E-state index contributed by atoms with van der Waals surface area (Å²) in [5.41, 5.74) is 7.91. The molecule has 3 nitrogen and oxygen atoms in total. The van der Waals surface area contributed by atoms with Gasteiger partial charge in [0, 0.05) is 16.7 Å². The van der Waals surface area contributed by atoms with E-state index in [0.29, 0.717) is 5.56 Å². The molecule has 230 valence electrons. The van der Waals surface area contributed by atoms with Gasteiger partial charge in [-0.2, -0.15) is 0 Å². The first-order chi connectivity index (χ1) is 28.4. The molecular formula is C46H31N3. The van der Waals surface area contributed by atoms with Crippen molar-refractivity contribution >= 4 is 0 Å². The van der Waals surface area contributed by atoms with E-state index in [-0.39, 0.29) is 28.6 Å². The van der Waals surface area contributed by atoms with Crippen LogP contribution in [0.3, 0.4) is 0 Å². The van der Waals surface area contributed by atoms with Crippen molar-refractivity contribution in [1.82, 2.24) is 15.0 Å². The van der Waals surface area contributed by atoms with Crippen LogP contribution in [0.4, 0.5) is 0 Å². The van der Waals surface area contributed by atoms with E-state index in [1.807, 2.05) is 24.3 Å². The molecule has 1 aliphatic rings. The normalized spacial score (nSPS) is 15.5. The van der Waals surface area contributed by atoms with E-state index in [0.717, 1.165) is 38.9 Å². The van der Waals surface area contributed by atoms with E-state index in [2.05, 4.69) is 106 Å². The molecule has 0 saturated heterocycles. The Morgan fingerprint density at radius 1 is 0.367 bits per heavy atom. The number of fused-ring (bicyclic) bond motifs is 3. The number of nitrogens with zero attached hydrogens (tertiary/aromatic N) is 3. The van der Waals surface area contributed by atoms with E-state index >= 15 is 0 Å². The van der Waals surface area contributed by atoms with Crippen molar-refractivity contribution < 1.29 is 13.7 Å². The topological polar surface area (TPSA) is 38.7 Å². The van der Waals surface area contributed by atoms with Crippen LogP contribution in [-0.2, 0) is 5.41 Å². The van der Waals surface area contributed by atoms with Crippen LogP contribution < -0.4 is 0 Å². The van der Waals surface area contributed by atoms with Gasteiger partial charge in [0.15, 0.2) is 17.5 Å². The van der Waals surface area contributed by atoms with Gasteiger partial charge in [-0.3, -0.25) is 0 Å². The maximum absolute atomic E-state index is 8.65. The van der Waals surface area contributed by atoms with Gasteiger partial charge in [-0.15, -0.1) is 0 Å². The summed E-state index contributed by atoms with van der Waals surface area (Å²) >= 11 is 0. The molecule has 1 heterocycles. The lowest BCUT2D eigenvalue weighted by Gasteiger charge is -2.34. The molecular weight excluding hydrogens is 595 g/mol. The smallest absolute Gasteiger partial charge is 0.164 e. The van der Waals surface area contributed by atoms with Crippen LogP contribution in [-0.4, -0.2) is 15.0 Å². The van der Waals surface area contributed by atoms with Gasteiger partial charge >= 0.3 is 0 Å². The molecule has 0 saturated carbocycles. The van der Waals surface area contributed by atoms with E-state index in [4.69, 9.17) is 13.7 Å². The third kappa shape index (κ3) is 4.78. The number of aromatic nitrogens is 3. The second-order valence-electron chi connectivity index (χ2n) is 11.6. The molecule has 9 rings (SSSR count). The Hall–Kier alpha value is -6.45. The summed E-state index contributed by atoms with van der Waals surface area (Å²) in [6.45, 7) is 0. The number of rotatable bonds is 6. The molecule has 0 unspecified atom stereocenters. The minimum atomic E-state index is -0.600. The highest BCUT2D eigenvalue weighted by Crippen LogP contribution is 2.58. The Balaban J connectivity index is 1.24. The zero-order valence-corrected chi connectivity index (χ0v) is 26.0. The Morgan fingerprint density at radius 2 is 0.816 bits per heavy atom. The summed E-state index contributed by atoms with van der Waals surface area (Å²) in [5, 5.41) is 0. The fourth-order valence-electron chi connectivity index (χ4n) is 6.98. The van der Waals surface area contributed by atoms with Crippen molar-refractivity contribution in [2.75, 3.05) is 0 Å². The summed E-state index contributed by atoms with van der Waals surface area (Å²) in [6.07, 6.45) is 0. The van der Waals surface area contributed by atoms with Crippen LogP contribution in [0.25, 0.3) is 56.4 Å². The lowest BCUT2D eigenvalue weighted by molar-refractivity contribution is 0.768. The quantitative estimate of drug-likeness (QED) is 0.182. The lowest BCUT2D eigenvalue weighted by atomic mass is 9.67. The molecule has 1 aliphatic carbocycles. The van der Waals surface area contributed by atoms with Crippen molar-refractivity contribution in [2.45, 2.75) is 5.41 Å². The highest BCUT2D eigenvalue weighted by molar-refractivity contribution is 5.95. The first-order valence-electron chi connectivity index (χ1n) is 20.8. The predicted octanol–water partition coefficient (Wildman–Crippen LogP) is 10.9. The molecule has 0 radical (unpaired) electrons. The molecule has 0 aliphatic heterocycles. The first-order valence-corrected chi connectivity index (χ1v) is 15.8.